The molecule has 4 nitrogen and oxygen atoms in total. The fraction of sp³-hybridized carbons (Fsp3) is 0.533. The van der Waals surface area contributed by atoms with E-state index in [1.165, 1.54) is 17.5 Å². The maximum atomic E-state index is 11.6. The van der Waals surface area contributed by atoms with Gasteiger partial charge in [0.25, 0.3) is 0 Å². The fourth-order valence-electron chi connectivity index (χ4n) is 2.61. The highest BCUT2D eigenvalue weighted by molar-refractivity contribution is 5.73. The minimum absolute atomic E-state index is 0.111. The number of carbonyl (C=O) groups is 1. The summed E-state index contributed by atoms with van der Waals surface area (Å²) >= 11 is 0. The summed E-state index contributed by atoms with van der Waals surface area (Å²) in [4.78, 5) is 11.6. The zero-order valence-corrected chi connectivity index (χ0v) is 11.4. The van der Waals surface area contributed by atoms with E-state index in [1.54, 1.807) is 7.11 Å². The fourth-order valence-corrected chi connectivity index (χ4v) is 2.61. The zero-order chi connectivity index (χ0) is 13.5. The number of benzene rings is 1. The Hall–Kier alpha value is -1.55. The normalized spacial score (nSPS) is 17.6. The minimum atomic E-state index is -0.111. The van der Waals surface area contributed by atoms with Crippen molar-refractivity contribution < 1.29 is 9.53 Å². The van der Waals surface area contributed by atoms with Gasteiger partial charge in [0, 0.05) is 26.1 Å². The first-order valence-electron chi connectivity index (χ1n) is 6.89. The van der Waals surface area contributed by atoms with Gasteiger partial charge in [-0.1, -0.05) is 24.3 Å². The van der Waals surface area contributed by atoms with E-state index >= 15 is 0 Å². The van der Waals surface area contributed by atoms with E-state index in [0.717, 1.165) is 12.8 Å². The second-order valence-corrected chi connectivity index (χ2v) is 4.92. The van der Waals surface area contributed by atoms with Crippen LogP contribution >= 0.6 is 0 Å². The molecule has 2 N–H and O–H groups in total. The highest BCUT2D eigenvalue weighted by Gasteiger charge is 2.19. The number of fused-ring (bicyclic) bond motifs is 1. The van der Waals surface area contributed by atoms with Gasteiger partial charge in [-0.15, -0.1) is 0 Å². The summed E-state index contributed by atoms with van der Waals surface area (Å²) in [6, 6.07) is 8.44. The maximum absolute atomic E-state index is 11.6. The van der Waals surface area contributed by atoms with Crippen LogP contribution in [0.1, 0.15) is 29.9 Å². The predicted molar refractivity (Wildman–Crippen MR) is 75.4 cm³/mol. The lowest BCUT2D eigenvalue weighted by Gasteiger charge is -2.25. The van der Waals surface area contributed by atoms with E-state index in [4.69, 9.17) is 4.74 Å². The number of methoxy groups -OCH3 is 1. The molecule has 0 saturated heterocycles. The molecule has 104 valence electrons. The van der Waals surface area contributed by atoms with Crippen LogP contribution in [0.15, 0.2) is 24.3 Å². The van der Waals surface area contributed by atoms with Crippen molar-refractivity contribution in [3.05, 3.63) is 35.4 Å². The van der Waals surface area contributed by atoms with Crippen LogP contribution in [0.25, 0.3) is 0 Å². The third-order valence-electron chi connectivity index (χ3n) is 3.59. The second-order valence-electron chi connectivity index (χ2n) is 4.92. The van der Waals surface area contributed by atoms with Crippen LogP contribution in [-0.4, -0.2) is 32.8 Å². The van der Waals surface area contributed by atoms with Gasteiger partial charge < -0.3 is 15.4 Å². The largest absolute Gasteiger partial charge is 0.383 e. The Morgan fingerprint density at radius 2 is 2.21 bits per heavy atom. The summed E-state index contributed by atoms with van der Waals surface area (Å²) in [5.41, 5.74) is 2.83. The SMILES string of the molecule is COCCNC(=O)NC[C@@H]1CCCc2ccccc21. The molecule has 19 heavy (non-hydrogen) atoms. The smallest absolute Gasteiger partial charge is 0.314 e. The van der Waals surface area contributed by atoms with E-state index in [1.807, 2.05) is 0 Å². The molecule has 2 rings (SSSR count). The summed E-state index contributed by atoms with van der Waals surface area (Å²) in [7, 11) is 1.62. The van der Waals surface area contributed by atoms with Gasteiger partial charge in [0.1, 0.15) is 0 Å². The maximum Gasteiger partial charge on any atom is 0.314 e. The lowest BCUT2D eigenvalue weighted by atomic mass is 9.83. The molecule has 0 unspecified atom stereocenters. The minimum Gasteiger partial charge on any atom is -0.383 e. The molecule has 0 aliphatic heterocycles. The number of urea groups is 1. The van der Waals surface area contributed by atoms with Gasteiger partial charge in [-0.2, -0.15) is 0 Å². The highest BCUT2D eigenvalue weighted by Crippen LogP contribution is 2.30. The third-order valence-corrected chi connectivity index (χ3v) is 3.59. The van der Waals surface area contributed by atoms with Crippen LogP contribution in [0.3, 0.4) is 0 Å². The molecular formula is C15H22N2O2. The lowest BCUT2D eigenvalue weighted by molar-refractivity contribution is 0.195. The van der Waals surface area contributed by atoms with E-state index in [0.29, 0.717) is 25.6 Å². The molecule has 1 aromatic rings. The molecule has 0 fully saturated rings. The van der Waals surface area contributed by atoms with Crippen molar-refractivity contribution in [2.24, 2.45) is 0 Å². The van der Waals surface area contributed by atoms with Gasteiger partial charge in [-0.05, 0) is 30.4 Å². The Morgan fingerprint density at radius 1 is 1.37 bits per heavy atom. The standard InChI is InChI=1S/C15H22N2O2/c1-19-10-9-16-15(18)17-11-13-7-4-6-12-5-2-3-8-14(12)13/h2-3,5,8,13H,4,6-7,9-11H2,1H3,(H2,16,17,18)/t13-/m0/s1. The Morgan fingerprint density at radius 3 is 3.05 bits per heavy atom. The van der Waals surface area contributed by atoms with Gasteiger partial charge in [0.2, 0.25) is 0 Å². The van der Waals surface area contributed by atoms with Crippen molar-refractivity contribution >= 4 is 6.03 Å². The van der Waals surface area contributed by atoms with Crippen molar-refractivity contribution in [3.8, 4) is 0 Å². The predicted octanol–water partition coefficient (Wildman–Crippen LogP) is 2.05. The van der Waals surface area contributed by atoms with E-state index < -0.39 is 0 Å². The Kier molecular flexibility index (Phi) is 5.21. The van der Waals surface area contributed by atoms with Crippen molar-refractivity contribution in [1.82, 2.24) is 10.6 Å². The monoisotopic (exact) mass is 262 g/mol. The van der Waals surface area contributed by atoms with Crippen LogP contribution in [-0.2, 0) is 11.2 Å². The van der Waals surface area contributed by atoms with Crippen molar-refractivity contribution in [1.29, 1.82) is 0 Å². The first-order chi connectivity index (χ1) is 9.31. The Balaban J connectivity index is 1.82. The molecule has 0 aromatic heterocycles. The number of aryl methyl sites for hydroxylation is 1. The number of hydrogen-bond donors (Lipinski definition) is 2. The first-order valence-corrected chi connectivity index (χ1v) is 6.89. The van der Waals surface area contributed by atoms with E-state index in [9.17, 15) is 4.79 Å². The molecule has 1 aliphatic rings. The summed E-state index contributed by atoms with van der Waals surface area (Å²) < 4.78 is 4.89. The summed E-state index contributed by atoms with van der Waals surface area (Å²) in [6.07, 6.45) is 3.51. The molecule has 0 spiro atoms. The molecule has 0 saturated carbocycles. The molecule has 1 aromatic carbocycles. The highest BCUT2D eigenvalue weighted by atomic mass is 16.5. The van der Waals surface area contributed by atoms with Crippen molar-refractivity contribution in [2.75, 3.05) is 26.8 Å². The molecule has 1 aliphatic carbocycles. The summed E-state index contributed by atoms with van der Waals surface area (Å²) in [6.45, 7) is 1.79. The van der Waals surface area contributed by atoms with E-state index in [2.05, 4.69) is 34.9 Å². The van der Waals surface area contributed by atoms with Crippen LogP contribution in [0.4, 0.5) is 4.79 Å². The van der Waals surface area contributed by atoms with E-state index in [-0.39, 0.29) is 6.03 Å². The molecule has 0 radical (unpaired) electrons. The molecule has 2 amide bonds. The summed E-state index contributed by atoms with van der Waals surface area (Å²) in [5.74, 6) is 0.443. The van der Waals surface area contributed by atoms with Gasteiger partial charge >= 0.3 is 6.03 Å². The average Bonchev–Trinajstić information content (AvgIpc) is 2.45. The molecule has 1 atom stereocenters. The number of rotatable bonds is 5. The van der Waals surface area contributed by atoms with Gasteiger partial charge in [0.05, 0.1) is 6.61 Å². The number of carbonyl (C=O) groups excluding carboxylic acids is 1. The number of ether oxygens (including phenoxy) is 1. The van der Waals surface area contributed by atoms with Gasteiger partial charge in [0.15, 0.2) is 0 Å². The van der Waals surface area contributed by atoms with Crippen molar-refractivity contribution in [3.63, 3.8) is 0 Å². The first kappa shape index (κ1) is 13.9. The molecule has 0 heterocycles. The Bertz CT molecular complexity index is 420. The topological polar surface area (TPSA) is 50.4 Å². The number of amides is 2. The van der Waals surface area contributed by atoms with Crippen LogP contribution < -0.4 is 10.6 Å². The third kappa shape index (κ3) is 3.96. The molecule has 0 bridgehead atoms. The molecule has 4 heteroatoms. The molecular weight excluding hydrogens is 240 g/mol. The number of hydrogen-bond acceptors (Lipinski definition) is 2. The Labute approximate surface area is 114 Å². The quantitative estimate of drug-likeness (QED) is 0.798. The lowest BCUT2D eigenvalue weighted by Crippen LogP contribution is -2.39. The zero-order valence-electron chi connectivity index (χ0n) is 11.4. The van der Waals surface area contributed by atoms with Crippen LogP contribution in [0, 0.1) is 0 Å². The van der Waals surface area contributed by atoms with Crippen LogP contribution in [0.2, 0.25) is 0 Å². The van der Waals surface area contributed by atoms with Gasteiger partial charge in [-0.25, -0.2) is 4.79 Å². The summed E-state index contributed by atoms with van der Waals surface area (Å²) in [5, 5.41) is 5.72. The van der Waals surface area contributed by atoms with Crippen molar-refractivity contribution in [2.45, 2.75) is 25.2 Å². The second kappa shape index (κ2) is 7.14. The average molecular weight is 262 g/mol. The van der Waals surface area contributed by atoms with Crippen LogP contribution in [0.5, 0.6) is 0 Å². The number of nitrogens with one attached hydrogen (secondary N) is 2. The van der Waals surface area contributed by atoms with Gasteiger partial charge in [-0.3, -0.25) is 0 Å².